The zero-order chi connectivity index (χ0) is 23.4. The SMILES string of the molecule is CCCCCCCCOc1c(Cl)cc(C2C3=C(CCCC3=O)NC3=C2C(=O)CCC3)cc1Cl. The maximum Gasteiger partial charge on any atom is 0.161 e. The Bertz CT molecular complexity index is 930. The summed E-state index contributed by atoms with van der Waals surface area (Å²) in [6.07, 6.45) is 11.4. The van der Waals surface area contributed by atoms with Gasteiger partial charge in [0.25, 0.3) is 0 Å². The highest BCUT2D eigenvalue weighted by atomic mass is 35.5. The van der Waals surface area contributed by atoms with E-state index in [4.69, 9.17) is 27.9 Å². The van der Waals surface area contributed by atoms with E-state index in [1.54, 1.807) is 0 Å². The van der Waals surface area contributed by atoms with Gasteiger partial charge in [-0.3, -0.25) is 9.59 Å². The van der Waals surface area contributed by atoms with E-state index in [0.29, 0.717) is 46.4 Å². The Hall–Kier alpha value is -1.78. The maximum atomic E-state index is 13.0. The molecule has 0 spiro atoms. The Balaban J connectivity index is 1.58. The second-order valence-electron chi connectivity index (χ2n) is 9.33. The van der Waals surface area contributed by atoms with Crippen molar-refractivity contribution in [2.24, 2.45) is 0 Å². The van der Waals surface area contributed by atoms with Crippen LogP contribution in [-0.4, -0.2) is 18.2 Å². The fourth-order valence-electron chi connectivity index (χ4n) is 5.26. The molecule has 3 aliphatic rings. The molecule has 0 fully saturated rings. The van der Waals surface area contributed by atoms with Crippen LogP contribution in [0.25, 0.3) is 0 Å². The van der Waals surface area contributed by atoms with Crippen LogP contribution in [0, 0.1) is 0 Å². The first-order valence-corrected chi connectivity index (χ1v) is 13.2. The number of rotatable bonds is 9. The van der Waals surface area contributed by atoms with Crippen molar-refractivity contribution in [3.05, 3.63) is 50.3 Å². The van der Waals surface area contributed by atoms with Gasteiger partial charge in [0.05, 0.1) is 16.7 Å². The summed E-state index contributed by atoms with van der Waals surface area (Å²) in [6, 6.07) is 3.66. The summed E-state index contributed by atoms with van der Waals surface area (Å²) in [4.78, 5) is 26.0. The fourth-order valence-corrected chi connectivity index (χ4v) is 5.87. The van der Waals surface area contributed by atoms with Gasteiger partial charge in [0, 0.05) is 41.3 Å². The third kappa shape index (κ3) is 5.33. The molecule has 178 valence electrons. The molecule has 1 aliphatic heterocycles. The number of halogens is 2. The Morgan fingerprint density at radius 1 is 0.848 bits per heavy atom. The van der Waals surface area contributed by atoms with Crippen molar-refractivity contribution >= 4 is 34.8 Å². The molecule has 4 rings (SSSR count). The molecule has 4 nitrogen and oxygen atoms in total. The molecule has 6 heteroatoms. The van der Waals surface area contributed by atoms with Crippen molar-refractivity contribution in [2.45, 2.75) is 89.9 Å². The van der Waals surface area contributed by atoms with Gasteiger partial charge in [0.2, 0.25) is 0 Å². The van der Waals surface area contributed by atoms with E-state index in [1.807, 2.05) is 12.1 Å². The number of carbonyl (C=O) groups excluding carboxylic acids is 2. The average Bonchev–Trinajstić information content (AvgIpc) is 2.79. The third-order valence-electron chi connectivity index (χ3n) is 6.89. The van der Waals surface area contributed by atoms with E-state index in [-0.39, 0.29) is 11.6 Å². The molecule has 0 atom stereocenters. The van der Waals surface area contributed by atoms with Crippen molar-refractivity contribution in [3.8, 4) is 5.75 Å². The second kappa shape index (κ2) is 11.1. The van der Waals surface area contributed by atoms with Gasteiger partial charge in [-0.2, -0.15) is 0 Å². The third-order valence-corrected chi connectivity index (χ3v) is 7.45. The molecule has 1 heterocycles. The minimum Gasteiger partial charge on any atom is -0.490 e. The smallest absolute Gasteiger partial charge is 0.161 e. The van der Waals surface area contributed by atoms with Gasteiger partial charge in [0.15, 0.2) is 17.3 Å². The first kappa shape index (κ1) is 24.3. The van der Waals surface area contributed by atoms with Gasteiger partial charge in [-0.05, 0) is 49.8 Å². The van der Waals surface area contributed by atoms with Crippen molar-refractivity contribution in [1.82, 2.24) is 5.32 Å². The minimum atomic E-state index is -0.403. The Labute approximate surface area is 206 Å². The fraction of sp³-hybridized carbons (Fsp3) is 0.556. The number of dihydropyridines is 1. The summed E-state index contributed by atoms with van der Waals surface area (Å²) < 4.78 is 5.94. The first-order chi connectivity index (χ1) is 16.0. The lowest BCUT2D eigenvalue weighted by molar-refractivity contribution is -0.116. The minimum absolute atomic E-state index is 0.106. The molecule has 2 aliphatic carbocycles. The molecule has 0 amide bonds. The predicted molar refractivity (Wildman–Crippen MR) is 133 cm³/mol. The number of nitrogens with one attached hydrogen (secondary N) is 1. The normalized spacial score (nSPS) is 18.9. The number of ether oxygens (including phenoxy) is 1. The lowest BCUT2D eigenvalue weighted by Gasteiger charge is -2.37. The number of ketones is 2. The number of benzene rings is 1. The monoisotopic (exact) mass is 489 g/mol. The number of Topliss-reactive ketones (excluding diaryl/α,β-unsaturated/α-hetero) is 2. The lowest BCUT2D eigenvalue weighted by atomic mass is 9.71. The zero-order valence-corrected chi connectivity index (χ0v) is 20.9. The van der Waals surface area contributed by atoms with Gasteiger partial charge in [-0.15, -0.1) is 0 Å². The molecule has 0 aromatic heterocycles. The van der Waals surface area contributed by atoms with Crippen molar-refractivity contribution in [1.29, 1.82) is 0 Å². The first-order valence-electron chi connectivity index (χ1n) is 12.4. The molecule has 1 aromatic rings. The molecule has 0 saturated carbocycles. The highest BCUT2D eigenvalue weighted by molar-refractivity contribution is 6.37. The molecule has 1 aromatic carbocycles. The highest BCUT2D eigenvalue weighted by Crippen LogP contribution is 2.47. The summed E-state index contributed by atoms with van der Waals surface area (Å²) in [5, 5.41) is 4.30. The lowest BCUT2D eigenvalue weighted by Crippen LogP contribution is -2.36. The van der Waals surface area contributed by atoms with Crippen LogP contribution >= 0.6 is 23.2 Å². The number of allylic oxidation sites excluding steroid dienone is 4. The van der Waals surface area contributed by atoms with E-state index < -0.39 is 5.92 Å². The van der Waals surface area contributed by atoms with Gasteiger partial charge < -0.3 is 10.1 Å². The molecular formula is C27H33Cl2NO3. The largest absolute Gasteiger partial charge is 0.490 e. The van der Waals surface area contributed by atoms with Crippen molar-refractivity contribution in [3.63, 3.8) is 0 Å². The van der Waals surface area contributed by atoms with Crippen LogP contribution in [0.2, 0.25) is 10.0 Å². The van der Waals surface area contributed by atoms with Gasteiger partial charge in [-0.25, -0.2) is 0 Å². The van der Waals surface area contributed by atoms with Crippen LogP contribution < -0.4 is 10.1 Å². The molecule has 0 bridgehead atoms. The summed E-state index contributed by atoms with van der Waals surface area (Å²) >= 11 is 13.3. The summed E-state index contributed by atoms with van der Waals surface area (Å²) in [6.45, 7) is 2.78. The Morgan fingerprint density at radius 3 is 1.97 bits per heavy atom. The maximum absolute atomic E-state index is 13.0. The second-order valence-corrected chi connectivity index (χ2v) is 10.1. The summed E-state index contributed by atoms with van der Waals surface area (Å²) in [5.41, 5.74) is 4.14. The van der Waals surface area contributed by atoms with Crippen LogP contribution in [0.5, 0.6) is 5.75 Å². The van der Waals surface area contributed by atoms with Crippen LogP contribution in [0.3, 0.4) is 0 Å². The van der Waals surface area contributed by atoms with E-state index in [2.05, 4.69) is 12.2 Å². The standard InChI is InChI=1S/C27H33Cl2NO3/c1-2-3-4-5-6-7-14-33-27-18(28)15-17(16-19(27)29)24-25-20(10-8-12-22(25)31)30-21-11-9-13-23(32)26(21)24/h15-16,24,30H,2-14H2,1H3. The average molecular weight is 490 g/mol. The van der Waals surface area contributed by atoms with Crippen molar-refractivity contribution in [2.75, 3.05) is 6.61 Å². The molecule has 0 saturated heterocycles. The van der Waals surface area contributed by atoms with E-state index in [1.165, 1.54) is 25.7 Å². The summed E-state index contributed by atoms with van der Waals surface area (Å²) in [5.74, 6) is 0.293. The predicted octanol–water partition coefficient (Wildman–Crippen LogP) is 7.43. The number of hydrogen-bond donors (Lipinski definition) is 1. The van der Waals surface area contributed by atoms with Crippen LogP contribution in [0.4, 0.5) is 0 Å². The molecule has 0 unspecified atom stereocenters. The molecular weight excluding hydrogens is 457 g/mol. The molecule has 1 N–H and O–H groups in total. The number of carbonyl (C=O) groups is 2. The topological polar surface area (TPSA) is 55.4 Å². The van der Waals surface area contributed by atoms with Gasteiger partial charge in [0.1, 0.15) is 0 Å². The molecule has 33 heavy (non-hydrogen) atoms. The van der Waals surface area contributed by atoms with E-state index in [0.717, 1.165) is 55.5 Å². The van der Waals surface area contributed by atoms with Crippen molar-refractivity contribution < 1.29 is 14.3 Å². The van der Waals surface area contributed by atoms with Crippen LogP contribution in [0.1, 0.15) is 95.5 Å². The van der Waals surface area contributed by atoms with Crippen LogP contribution in [-0.2, 0) is 9.59 Å². The number of hydrogen-bond acceptors (Lipinski definition) is 4. The highest BCUT2D eigenvalue weighted by Gasteiger charge is 2.40. The van der Waals surface area contributed by atoms with E-state index >= 15 is 0 Å². The summed E-state index contributed by atoms with van der Waals surface area (Å²) in [7, 11) is 0. The van der Waals surface area contributed by atoms with Crippen LogP contribution in [0.15, 0.2) is 34.7 Å². The zero-order valence-electron chi connectivity index (χ0n) is 19.4. The number of unbranched alkanes of at least 4 members (excludes halogenated alkanes) is 5. The van der Waals surface area contributed by atoms with E-state index in [9.17, 15) is 9.59 Å². The van der Waals surface area contributed by atoms with Gasteiger partial charge >= 0.3 is 0 Å². The Morgan fingerprint density at radius 2 is 1.39 bits per heavy atom. The molecule has 0 radical (unpaired) electrons. The Kier molecular flexibility index (Phi) is 8.19. The van der Waals surface area contributed by atoms with Gasteiger partial charge in [-0.1, -0.05) is 62.2 Å². The quantitative estimate of drug-likeness (QED) is 0.366.